The van der Waals surface area contributed by atoms with Gasteiger partial charge >= 0.3 is 42.3 Å². The van der Waals surface area contributed by atoms with Gasteiger partial charge in [0, 0.05) is 64.1 Å². The molecule has 28 heteroatoms. The Bertz CT molecular complexity index is 2900. The van der Waals surface area contributed by atoms with Crippen molar-refractivity contribution in [1.29, 1.82) is 0 Å². The van der Waals surface area contributed by atoms with Crippen LogP contribution in [0.15, 0.2) is 84.9 Å². The Morgan fingerprint density at radius 1 is 0.641 bits per heavy atom. The zero-order chi connectivity index (χ0) is 56.9. The van der Waals surface area contributed by atoms with Crippen LogP contribution in [0.4, 0.5) is 31.4 Å². The number of non-ortho nitro benzene ring substituents is 2. The molecule has 0 spiro atoms. The van der Waals surface area contributed by atoms with Crippen molar-refractivity contribution in [1.82, 2.24) is 5.32 Å². The van der Waals surface area contributed by atoms with Gasteiger partial charge in [-0.2, -0.15) is 0 Å². The number of nitro benzene ring substituents is 2. The van der Waals surface area contributed by atoms with Crippen LogP contribution >= 0.6 is 0 Å². The van der Waals surface area contributed by atoms with Gasteiger partial charge in [-0.3, -0.25) is 49.5 Å². The second kappa shape index (κ2) is 28.7. The van der Waals surface area contributed by atoms with Gasteiger partial charge in [0.1, 0.15) is 56.4 Å². The predicted octanol–water partition coefficient (Wildman–Crippen LogP) is 5.52. The molecule has 0 bridgehead atoms. The number of hydrogen-bond donors (Lipinski definition) is 2. The second-order valence-corrected chi connectivity index (χ2v) is 16.0. The van der Waals surface area contributed by atoms with Crippen molar-refractivity contribution < 1.29 is 105 Å². The molecule has 1 fully saturated rings. The molecule has 1 saturated heterocycles. The standard InChI is InChI=1S/C50H48N4O24/c1-6-20-67-21-19-51-46(59)39-23-33(8-18-41(39)77-47-45(74-31(5)58)44(73-30(4)57)43(72-29(3)56)42(78-47)27-68-28(2)55)24-69-48(60)52-40-17-7-32(25-70-49(61)75-37-13-9-35(10-14-37)53(63)64)22-34(40)26-71-50(62)76-38-15-11-36(12-16-38)54(65)66/h1,7-18,22-23,42-45,47H,19-21,24-27H2,2-5H3,(H,51,59)(H,52,60)/t42-,43+,44+,45-,47?/m1/s1. The molecule has 5 atom stereocenters. The summed E-state index contributed by atoms with van der Waals surface area (Å²) in [5.41, 5.74) is -0.199. The fourth-order valence-electron chi connectivity index (χ4n) is 6.89. The average Bonchev–Trinajstić information content (AvgIpc) is 3.39. The lowest BCUT2D eigenvalue weighted by molar-refractivity contribution is -0.385. The number of ether oxygens (including phenoxy) is 12. The number of nitrogens with zero attached hydrogens (tertiary/aromatic N) is 2. The minimum atomic E-state index is -1.75. The Balaban J connectivity index is 1.38. The summed E-state index contributed by atoms with van der Waals surface area (Å²) in [6, 6.07) is 17.1. The van der Waals surface area contributed by atoms with Gasteiger partial charge in [0.2, 0.25) is 12.4 Å². The molecule has 28 nitrogen and oxygen atoms in total. The summed E-state index contributed by atoms with van der Waals surface area (Å²) in [4.78, 5) is 122. The van der Waals surface area contributed by atoms with E-state index in [-0.39, 0.29) is 76.3 Å². The molecular weight excluding hydrogens is 1040 g/mol. The molecule has 0 aromatic heterocycles. The molecule has 78 heavy (non-hydrogen) atoms. The minimum Gasteiger partial charge on any atom is -0.463 e. The van der Waals surface area contributed by atoms with Crippen LogP contribution in [0.1, 0.15) is 54.7 Å². The molecule has 1 heterocycles. The van der Waals surface area contributed by atoms with Gasteiger partial charge in [-0.25, -0.2) is 14.4 Å². The van der Waals surface area contributed by atoms with E-state index in [2.05, 4.69) is 16.6 Å². The van der Waals surface area contributed by atoms with Crippen LogP contribution in [0, 0.1) is 32.6 Å². The number of terminal acetylenes is 1. The SMILES string of the molecule is C#CCOCCNC(=O)c1cc(COC(=O)Nc2ccc(COC(=O)Oc3ccc([N+](=O)[O-])cc3)cc2COC(=O)Oc2ccc([N+](=O)[O-])cc2)ccc1OC1O[C@H](COC(C)=O)[C@H](OC(C)=O)[C@H](OC(C)=O)[C@H]1OC(C)=O. The maximum atomic E-state index is 13.8. The average molecular weight is 1090 g/mol. The third kappa shape index (κ3) is 18.5. The van der Waals surface area contributed by atoms with Gasteiger partial charge in [0.15, 0.2) is 12.2 Å². The Labute approximate surface area is 441 Å². The highest BCUT2D eigenvalue weighted by atomic mass is 16.7. The zero-order valence-corrected chi connectivity index (χ0v) is 41.7. The van der Waals surface area contributed by atoms with Gasteiger partial charge in [0.05, 0.1) is 27.7 Å². The van der Waals surface area contributed by atoms with Gasteiger partial charge in [-0.1, -0.05) is 18.1 Å². The molecule has 0 saturated carbocycles. The highest BCUT2D eigenvalue weighted by molar-refractivity contribution is 5.97. The van der Waals surface area contributed by atoms with E-state index in [0.29, 0.717) is 0 Å². The van der Waals surface area contributed by atoms with Crippen molar-refractivity contribution in [2.24, 2.45) is 0 Å². The molecule has 5 rings (SSSR count). The van der Waals surface area contributed by atoms with E-state index >= 15 is 0 Å². The number of carbonyl (C=O) groups is 8. The quantitative estimate of drug-likeness (QED) is 0.0175. The van der Waals surface area contributed by atoms with Crippen LogP contribution in [0.5, 0.6) is 17.2 Å². The van der Waals surface area contributed by atoms with E-state index in [1.165, 1.54) is 48.5 Å². The van der Waals surface area contributed by atoms with E-state index in [9.17, 15) is 58.6 Å². The molecule has 0 aliphatic carbocycles. The second-order valence-electron chi connectivity index (χ2n) is 16.0. The number of nitrogens with one attached hydrogen (secondary N) is 2. The number of nitro groups is 2. The first-order valence-electron chi connectivity index (χ1n) is 22.8. The van der Waals surface area contributed by atoms with Crippen LogP contribution < -0.4 is 24.8 Å². The lowest BCUT2D eigenvalue weighted by Crippen LogP contribution is -2.63. The number of benzene rings is 4. The summed E-state index contributed by atoms with van der Waals surface area (Å²) in [7, 11) is 0. The van der Waals surface area contributed by atoms with Gasteiger partial charge in [-0.15, -0.1) is 6.42 Å². The van der Waals surface area contributed by atoms with E-state index in [1.54, 1.807) is 0 Å². The maximum Gasteiger partial charge on any atom is 0.514 e. The monoisotopic (exact) mass is 1090 g/mol. The number of carbonyl (C=O) groups excluding carboxylic acids is 8. The fraction of sp³-hybridized carbons (Fsp3) is 0.320. The van der Waals surface area contributed by atoms with Crippen LogP contribution in [0.3, 0.4) is 0 Å². The lowest BCUT2D eigenvalue weighted by Gasteiger charge is -2.44. The van der Waals surface area contributed by atoms with Crippen molar-refractivity contribution >= 4 is 65.3 Å². The Hall–Kier alpha value is -9.88. The number of rotatable bonds is 23. The minimum absolute atomic E-state index is 0.000957. The first kappa shape index (κ1) is 59.0. The summed E-state index contributed by atoms with van der Waals surface area (Å²) < 4.78 is 65.1. The molecule has 4 aromatic rings. The lowest BCUT2D eigenvalue weighted by atomic mass is 9.98. The predicted molar refractivity (Wildman–Crippen MR) is 259 cm³/mol. The highest BCUT2D eigenvalue weighted by Crippen LogP contribution is 2.33. The Morgan fingerprint density at radius 2 is 1.18 bits per heavy atom. The van der Waals surface area contributed by atoms with Crippen molar-refractivity contribution in [3.8, 4) is 29.6 Å². The van der Waals surface area contributed by atoms with Gasteiger partial charge in [-0.05, 0) is 59.7 Å². The van der Waals surface area contributed by atoms with E-state index in [0.717, 1.165) is 64.1 Å². The molecule has 2 N–H and O–H groups in total. The number of hydrogen-bond acceptors (Lipinski definition) is 24. The summed E-state index contributed by atoms with van der Waals surface area (Å²) in [6.45, 7) is 1.93. The highest BCUT2D eigenvalue weighted by Gasteiger charge is 2.53. The topological polar surface area (TPSA) is 358 Å². The number of anilines is 1. The van der Waals surface area contributed by atoms with Gasteiger partial charge < -0.3 is 62.2 Å². The van der Waals surface area contributed by atoms with E-state index in [4.69, 9.17) is 63.3 Å². The molecule has 412 valence electrons. The number of amides is 2. The molecule has 4 aromatic carbocycles. The first-order chi connectivity index (χ1) is 37.2. The Kier molecular flexibility index (Phi) is 21.7. The third-order valence-corrected chi connectivity index (χ3v) is 10.2. The normalized spacial score (nSPS) is 16.3. The third-order valence-electron chi connectivity index (χ3n) is 10.2. The Morgan fingerprint density at radius 3 is 1.74 bits per heavy atom. The van der Waals surface area contributed by atoms with E-state index < -0.39 is 115 Å². The smallest absolute Gasteiger partial charge is 0.463 e. The first-order valence-corrected chi connectivity index (χ1v) is 22.8. The molecular formula is C50H48N4O24. The summed E-state index contributed by atoms with van der Waals surface area (Å²) in [5, 5.41) is 27.1. The van der Waals surface area contributed by atoms with Crippen molar-refractivity contribution in [3.05, 3.63) is 127 Å². The van der Waals surface area contributed by atoms with Crippen LogP contribution in [-0.4, -0.2) is 115 Å². The summed E-state index contributed by atoms with van der Waals surface area (Å²) >= 11 is 0. The maximum absolute atomic E-state index is 13.8. The molecule has 2 amide bonds. The molecule has 1 unspecified atom stereocenters. The number of esters is 4. The molecule has 1 aliphatic rings. The zero-order valence-electron chi connectivity index (χ0n) is 41.7. The van der Waals surface area contributed by atoms with Crippen molar-refractivity contribution in [2.45, 2.75) is 78.2 Å². The van der Waals surface area contributed by atoms with Crippen molar-refractivity contribution in [3.63, 3.8) is 0 Å². The van der Waals surface area contributed by atoms with Crippen LogP contribution in [0.25, 0.3) is 0 Å². The molecule has 1 aliphatic heterocycles. The van der Waals surface area contributed by atoms with Gasteiger partial charge in [0.25, 0.3) is 17.3 Å². The van der Waals surface area contributed by atoms with Crippen molar-refractivity contribution in [2.75, 3.05) is 31.7 Å². The molecule has 0 radical (unpaired) electrons. The summed E-state index contributed by atoms with van der Waals surface area (Å²) in [6.07, 6.45) is -6.23. The van der Waals surface area contributed by atoms with E-state index in [1.807, 2.05) is 0 Å². The largest absolute Gasteiger partial charge is 0.514 e. The fourth-order valence-corrected chi connectivity index (χ4v) is 6.89. The summed E-state index contributed by atoms with van der Waals surface area (Å²) in [5.74, 6) is -2.36. The van der Waals surface area contributed by atoms with Crippen LogP contribution in [-0.2, 0) is 81.6 Å². The van der Waals surface area contributed by atoms with Crippen LogP contribution in [0.2, 0.25) is 0 Å².